The average molecular weight is 403 g/mol. The van der Waals surface area contributed by atoms with Crippen LogP contribution in [0.25, 0.3) is 0 Å². The summed E-state index contributed by atoms with van der Waals surface area (Å²) in [5.41, 5.74) is 0.702. The molecule has 29 heavy (non-hydrogen) atoms. The SMILES string of the molecule is COc1ccc(C(=O)O[C@@H]2CC(C)=CC[C@]3(C)CC[C@@](O)(C(C)C)[C@@H]23)cc1OC. The standard InChI is InChI=1S/C24H34O5/c1-15(2)24(26)12-11-23(4)10-9-16(3)13-20(21(23)24)29-22(25)17-7-8-18(27-5)19(14-17)28-6/h7-9,14-15,20-21,26H,10-13H2,1-6H3/t20-,21+,23-,24-/m1/s1. The molecule has 2 aliphatic carbocycles. The highest BCUT2D eigenvalue weighted by Gasteiger charge is 2.59. The molecule has 0 radical (unpaired) electrons. The third-order valence-corrected chi connectivity index (χ3v) is 7.08. The summed E-state index contributed by atoms with van der Waals surface area (Å²) >= 11 is 0. The molecule has 0 unspecified atom stereocenters. The second-order valence-electron chi connectivity index (χ2n) is 9.25. The molecule has 5 nitrogen and oxygen atoms in total. The van der Waals surface area contributed by atoms with Crippen LogP contribution < -0.4 is 9.47 Å². The zero-order valence-electron chi connectivity index (χ0n) is 18.5. The molecular formula is C24H34O5. The van der Waals surface area contributed by atoms with Crippen LogP contribution in [-0.4, -0.2) is 37.0 Å². The van der Waals surface area contributed by atoms with Crippen molar-refractivity contribution >= 4 is 5.97 Å². The first kappa shape index (κ1) is 21.7. The van der Waals surface area contributed by atoms with E-state index in [0.717, 1.165) is 19.3 Å². The Labute approximate surface area is 174 Å². The van der Waals surface area contributed by atoms with Crippen LogP contribution in [0.1, 0.15) is 63.7 Å². The lowest BCUT2D eigenvalue weighted by atomic mass is 9.67. The predicted molar refractivity (Wildman–Crippen MR) is 112 cm³/mol. The minimum atomic E-state index is -0.838. The van der Waals surface area contributed by atoms with Crippen LogP contribution in [0, 0.1) is 17.3 Å². The van der Waals surface area contributed by atoms with Gasteiger partial charge in [-0.05, 0) is 55.7 Å². The fraction of sp³-hybridized carbons (Fsp3) is 0.625. The van der Waals surface area contributed by atoms with Crippen LogP contribution in [0.15, 0.2) is 29.8 Å². The summed E-state index contributed by atoms with van der Waals surface area (Å²) < 4.78 is 16.7. The molecule has 3 rings (SSSR count). The van der Waals surface area contributed by atoms with E-state index < -0.39 is 11.6 Å². The van der Waals surface area contributed by atoms with Crippen molar-refractivity contribution in [2.45, 2.75) is 65.1 Å². The lowest BCUT2D eigenvalue weighted by Crippen LogP contribution is -2.50. The quantitative estimate of drug-likeness (QED) is 0.568. The number of fused-ring (bicyclic) bond motifs is 1. The van der Waals surface area contributed by atoms with Gasteiger partial charge in [0.25, 0.3) is 0 Å². The number of aliphatic hydroxyl groups is 1. The third kappa shape index (κ3) is 3.89. The van der Waals surface area contributed by atoms with E-state index in [-0.39, 0.29) is 23.4 Å². The lowest BCUT2D eigenvalue weighted by Gasteiger charge is -2.43. The van der Waals surface area contributed by atoms with Crippen molar-refractivity contribution in [2.75, 3.05) is 14.2 Å². The number of hydrogen-bond acceptors (Lipinski definition) is 5. The molecule has 0 bridgehead atoms. The largest absolute Gasteiger partial charge is 0.493 e. The van der Waals surface area contributed by atoms with Crippen molar-refractivity contribution in [2.24, 2.45) is 17.3 Å². The van der Waals surface area contributed by atoms with Gasteiger partial charge in [0.2, 0.25) is 0 Å². The maximum absolute atomic E-state index is 13.1. The number of methoxy groups -OCH3 is 2. The zero-order valence-corrected chi connectivity index (χ0v) is 18.5. The van der Waals surface area contributed by atoms with Gasteiger partial charge in [-0.1, -0.05) is 32.4 Å². The molecule has 0 aromatic heterocycles. The molecule has 1 aromatic carbocycles. The summed E-state index contributed by atoms with van der Waals surface area (Å²) in [5, 5.41) is 11.6. The van der Waals surface area contributed by atoms with E-state index in [9.17, 15) is 9.90 Å². The van der Waals surface area contributed by atoms with Crippen LogP contribution in [-0.2, 0) is 4.74 Å². The van der Waals surface area contributed by atoms with Crippen molar-refractivity contribution in [3.63, 3.8) is 0 Å². The van der Waals surface area contributed by atoms with Gasteiger partial charge in [-0.2, -0.15) is 0 Å². The number of hydrogen-bond donors (Lipinski definition) is 1. The highest BCUT2D eigenvalue weighted by Crippen LogP contribution is 2.58. The number of carbonyl (C=O) groups excluding carboxylic acids is 1. The first-order chi connectivity index (χ1) is 13.6. The van der Waals surface area contributed by atoms with E-state index in [0.29, 0.717) is 23.5 Å². The molecule has 0 spiro atoms. The molecule has 0 amide bonds. The summed E-state index contributed by atoms with van der Waals surface area (Å²) in [5.74, 6) is 0.645. The first-order valence-corrected chi connectivity index (χ1v) is 10.5. The van der Waals surface area contributed by atoms with Gasteiger partial charge in [0.15, 0.2) is 11.5 Å². The van der Waals surface area contributed by atoms with E-state index in [1.165, 1.54) is 5.57 Å². The summed E-state index contributed by atoms with van der Waals surface area (Å²) in [6, 6.07) is 5.03. The van der Waals surface area contributed by atoms with E-state index in [1.807, 2.05) is 0 Å². The molecule has 1 aromatic rings. The Hall–Kier alpha value is -2.01. The molecule has 0 heterocycles. The van der Waals surface area contributed by atoms with Gasteiger partial charge in [0.1, 0.15) is 6.10 Å². The topological polar surface area (TPSA) is 65.0 Å². The zero-order chi connectivity index (χ0) is 21.4. The van der Waals surface area contributed by atoms with Gasteiger partial charge in [0.05, 0.1) is 25.4 Å². The van der Waals surface area contributed by atoms with Crippen LogP contribution in [0.2, 0.25) is 0 Å². The molecule has 5 heteroatoms. The number of benzene rings is 1. The van der Waals surface area contributed by atoms with Crippen molar-refractivity contribution in [1.29, 1.82) is 0 Å². The lowest BCUT2D eigenvalue weighted by molar-refractivity contribution is -0.112. The number of esters is 1. The summed E-state index contributed by atoms with van der Waals surface area (Å²) in [4.78, 5) is 13.1. The van der Waals surface area contributed by atoms with Crippen LogP contribution in [0.4, 0.5) is 0 Å². The van der Waals surface area contributed by atoms with Gasteiger partial charge in [0, 0.05) is 12.3 Å². The molecule has 1 N–H and O–H groups in total. The Bertz CT molecular complexity index is 798. The second kappa shape index (κ2) is 8.02. The molecule has 1 saturated carbocycles. The molecule has 160 valence electrons. The maximum Gasteiger partial charge on any atom is 0.338 e. The van der Waals surface area contributed by atoms with Gasteiger partial charge in [-0.15, -0.1) is 0 Å². The minimum absolute atomic E-state index is 0.0840. The summed E-state index contributed by atoms with van der Waals surface area (Å²) in [6.45, 7) is 8.43. The molecule has 0 aliphatic heterocycles. The monoisotopic (exact) mass is 402 g/mol. The number of carbonyl (C=O) groups is 1. The number of allylic oxidation sites excluding steroid dienone is 1. The molecule has 4 atom stereocenters. The Morgan fingerprint density at radius 3 is 2.48 bits per heavy atom. The van der Waals surface area contributed by atoms with Crippen molar-refractivity contribution < 1.29 is 24.1 Å². The molecule has 0 saturated heterocycles. The van der Waals surface area contributed by atoms with Crippen LogP contribution in [0.5, 0.6) is 11.5 Å². The van der Waals surface area contributed by atoms with Crippen molar-refractivity contribution in [3.05, 3.63) is 35.4 Å². The van der Waals surface area contributed by atoms with Gasteiger partial charge in [-0.25, -0.2) is 4.79 Å². The second-order valence-corrected chi connectivity index (χ2v) is 9.25. The summed E-state index contributed by atoms with van der Waals surface area (Å²) in [6.07, 6.45) is 5.11. The average Bonchev–Trinajstić information content (AvgIpc) is 2.90. The minimum Gasteiger partial charge on any atom is -0.493 e. The molecule has 2 aliphatic rings. The van der Waals surface area contributed by atoms with Gasteiger partial charge >= 0.3 is 5.97 Å². The van der Waals surface area contributed by atoms with Gasteiger partial charge < -0.3 is 19.3 Å². The van der Waals surface area contributed by atoms with E-state index >= 15 is 0 Å². The van der Waals surface area contributed by atoms with Crippen LogP contribution in [0.3, 0.4) is 0 Å². The fourth-order valence-electron chi connectivity index (χ4n) is 5.25. The molecule has 1 fully saturated rings. The Morgan fingerprint density at radius 2 is 1.86 bits per heavy atom. The predicted octanol–water partition coefficient (Wildman–Crippen LogP) is 4.77. The van der Waals surface area contributed by atoms with Crippen molar-refractivity contribution in [1.82, 2.24) is 0 Å². The highest BCUT2D eigenvalue weighted by molar-refractivity contribution is 5.90. The smallest absolute Gasteiger partial charge is 0.338 e. The van der Waals surface area contributed by atoms with E-state index in [4.69, 9.17) is 14.2 Å². The van der Waals surface area contributed by atoms with Crippen molar-refractivity contribution in [3.8, 4) is 11.5 Å². The maximum atomic E-state index is 13.1. The molecular weight excluding hydrogens is 368 g/mol. The van der Waals surface area contributed by atoms with E-state index in [2.05, 4.69) is 33.8 Å². The van der Waals surface area contributed by atoms with Crippen LogP contribution >= 0.6 is 0 Å². The third-order valence-electron chi connectivity index (χ3n) is 7.08. The number of ether oxygens (including phenoxy) is 3. The van der Waals surface area contributed by atoms with Gasteiger partial charge in [-0.3, -0.25) is 0 Å². The fourth-order valence-corrected chi connectivity index (χ4v) is 5.25. The Balaban J connectivity index is 1.93. The number of rotatable bonds is 5. The summed E-state index contributed by atoms with van der Waals surface area (Å²) in [7, 11) is 3.10. The Kier molecular flexibility index (Phi) is 6.00. The first-order valence-electron chi connectivity index (χ1n) is 10.5. The Morgan fingerprint density at radius 1 is 1.17 bits per heavy atom. The van der Waals surface area contributed by atoms with E-state index in [1.54, 1.807) is 32.4 Å². The normalized spacial score (nSPS) is 31.7. The highest BCUT2D eigenvalue weighted by atomic mass is 16.5.